The summed E-state index contributed by atoms with van der Waals surface area (Å²) in [4.78, 5) is 26.7. The number of aromatic nitrogens is 1. The lowest BCUT2D eigenvalue weighted by Gasteiger charge is -2.22. The first-order chi connectivity index (χ1) is 16.1. The van der Waals surface area contributed by atoms with Crippen LogP contribution in [-0.2, 0) is 16.0 Å². The number of esters is 1. The zero-order chi connectivity index (χ0) is 24.9. The number of carbonyl (C=O) groups excluding carboxylic acids is 2. The second-order valence-corrected chi connectivity index (χ2v) is 8.33. The van der Waals surface area contributed by atoms with Crippen LogP contribution in [0.4, 0.5) is 13.2 Å². The van der Waals surface area contributed by atoms with Gasteiger partial charge in [0.05, 0.1) is 0 Å². The summed E-state index contributed by atoms with van der Waals surface area (Å²) < 4.78 is 43.1. The Morgan fingerprint density at radius 3 is 2.62 bits per heavy atom. The van der Waals surface area contributed by atoms with Gasteiger partial charge in [0, 0.05) is 46.8 Å². The highest BCUT2D eigenvalue weighted by atomic mass is 35.5. The number of H-pyrrole nitrogens is 1. The fraction of sp³-hybridized carbons (Fsp3) is 0.333. The van der Waals surface area contributed by atoms with Gasteiger partial charge in [0.1, 0.15) is 6.10 Å². The van der Waals surface area contributed by atoms with E-state index >= 15 is 0 Å². The minimum absolute atomic E-state index is 0.0347. The van der Waals surface area contributed by atoms with Crippen molar-refractivity contribution in [2.24, 2.45) is 0 Å². The Morgan fingerprint density at radius 1 is 1.18 bits per heavy atom. The smallest absolute Gasteiger partial charge is 0.449 e. The third kappa shape index (κ3) is 6.51. The maximum absolute atomic E-state index is 12.8. The van der Waals surface area contributed by atoms with Crippen molar-refractivity contribution in [1.29, 1.82) is 0 Å². The van der Waals surface area contributed by atoms with Crippen LogP contribution in [0.2, 0.25) is 5.02 Å². The zero-order valence-corrected chi connectivity index (χ0v) is 19.4. The zero-order valence-electron chi connectivity index (χ0n) is 18.6. The molecule has 10 heteroatoms. The van der Waals surface area contributed by atoms with Gasteiger partial charge in [0.25, 0.3) is 5.91 Å². The molecule has 1 heterocycles. The number of benzene rings is 2. The minimum atomic E-state index is -5.10. The quantitative estimate of drug-likeness (QED) is 0.367. The molecule has 0 aliphatic rings. The number of fused-ring (bicyclic) bond motifs is 1. The Hall–Kier alpha value is -3.04. The summed E-state index contributed by atoms with van der Waals surface area (Å²) in [7, 11) is 0. The summed E-state index contributed by atoms with van der Waals surface area (Å²) in [6, 6.07) is 11.4. The summed E-state index contributed by atoms with van der Waals surface area (Å²) in [6.07, 6.45) is -3.88. The molecule has 34 heavy (non-hydrogen) atoms. The minimum Gasteiger partial charge on any atom is -0.449 e. The fourth-order valence-electron chi connectivity index (χ4n) is 3.60. The summed E-state index contributed by atoms with van der Waals surface area (Å²) in [6.45, 7) is 4.22. The Kier molecular flexibility index (Phi) is 8.22. The highest BCUT2D eigenvalue weighted by Gasteiger charge is 2.42. The molecule has 0 saturated carbocycles. The number of amides is 1. The van der Waals surface area contributed by atoms with Crippen molar-refractivity contribution < 1.29 is 27.5 Å². The SMILES string of the molecule is CCNC(=O)c1ccc2c(C[C@@H](C)NC[C@H](OC(=O)C(F)(F)F)c3cccc(Cl)c3)c[nH]c2c1. The Bertz CT molecular complexity index is 1160. The maximum atomic E-state index is 12.8. The van der Waals surface area contributed by atoms with Crippen molar-refractivity contribution in [2.45, 2.75) is 38.6 Å². The van der Waals surface area contributed by atoms with Crippen molar-refractivity contribution in [3.05, 3.63) is 70.4 Å². The standard InChI is InChI=1S/C24H25ClF3N3O3/c1-3-29-22(32)16-7-8-19-17(12-31-20(19)11-16)9-14(2)30-13-21(34-23(33)24(26,27)28)15-5-4-6-18(25)10-15/h4-8,10-12,14,21,30-31H,3,9,13H2,1-2H3,(H,29,32)/t14-,21+/m1/s1. The highest BCUT2D eigenvalue weighted by molar-refractivity contribution is 6.30. The van der Waals surface area contributed by atoms with Gasteiger partial charge in [-0.15, -0.1) is 0 Å². The first-order valence-corrected chi connectivity index (χ1v) is 11.1. The van der Waals surface area contributed by atoms with Gasteiger partial charge >= 0.3 is 12.1 Å². The number of ether oxygens (including phenoxy) is 1. The topological polar surface area (TPSA) is 83.2 Å². The summed E-state index contributed by atoms with van der Waals surface area (Å²) >= 11 is 5.96. The summed E-state index contributed by atoms with van der Waals surface area (Å²) in [5.74, 6) is -2.41. The van der Waals surface area contributed by atoms with Crippen LogP contribution in [0.25, 0.3) is 10.9 Å². The van der Waals surface area contributed by atoms with Crippen LogP contribution in [0, 0.1) is 0 Å². The van der Waals surface area contributed by atoms with Gasteiger partial charge in [-0.05, 0) is 55.7 Å². The van der Waals surface area contributed by atoms with E-state index in [2.05, 4.69) is 15.6 Å². The van der Waals surface area contributed by atoms with E-state index in [1.807, 2.05) is 26.1 Å². The molecule has 0 radical (unpaired) electrons. The molecule has 1 amide bonds. The van der Waals surface area contributed by atoms with E-state index in [4.69, 9.17) is 16.3 Å². The van der Waals surface area contributed by atoms with Crippen molar-refractivity contribution in [3.8, 4) is 0 Å². The molecule has 0 unspecified atom stereocenters. The Morgan fingerprint density at radius 2 is 1.94 bits per heavy atom. The van der Waals surface area contributed by atoms with Gasteiger partial charge in [0.2, 0.25) is 0 Å². The fourth-order valence-corrected chi connectivity index (χ4v) is 3.80. The summed E-state index contributed by atoms with van der Waals surface area (Å²) in [5, 5.41) is 7.16. The number of alkyl halides is 3. The van der Waals surface area contributed by atoms with Gasteiger partial charge in [-0.3, -0.25) is 4.79 Å². The second kappa shape index (κ2) is 10.9. The Labute approximate surface area is 199 Å². The van der Waals surface area contributed by atoms with Crippen LogP contribution >= 0.6 is 11.6 Å². The Balaban J connectivity index is 1.69. The van der Waals surface area contributed by atoms with Crippen LogP contribution in [-0.4, -0.2) is 42.2 Å². The molecule has 3 rings (SSSR count). The van der Waals surface area contributed by atoms with Gasteiger partial charge in [0.15, 0.2) is 0 Å². The highest BCUT2D eigenvalue weighted by Crippen LogP contribution is 2.26. The molecule has 3 aromatic rings. The monoisotopic (exact) mass is 495 g/mol. The van der Waals surface area contributed by atoms with Gasteiger partial charge in [-0.2, -0.15) is 13.2 Å². The lowest BCUT2D eigenvalue weighted by Crippen LogP contribution is -2.35. The van der Waals surface area contributed by atoms with Gasteiger partial charge in [-0.1, -0.05) is 29.8 Å². The van der Waals surface area contributed by atoms with Crippen LogP contribution in [0.3, 0.4) is 0 Å². The normalized spacial score (nSPS) is 13.5. The molecule has 182 valence electrons. The molecule has 2 aromatic carbocycles. The van der Waals surface area contributed by atoms with E-state index in [0.29, 0.717) is 29.1 Å². The van der Waals surface area contributed by atoms with E-state index in [9.17, 15) is 22.8 Å². The number of aromatic amines is 1. The third-order valence-corrected chi connectivity index (χ3v) is 5.48. The second-order valence-electron chi connectivity index (χ2n) is 7.89. The lowest BCUT2D eigenvalue weighted by molar-refractivity contribution is -0.205. The molecule has 0 aliphatic heterocycles. The molecule has 2 atom stereocenters. The molecular formula is C24H25ClF3N3O3. The molecule has 3 N–H and O–H groups in total. The number of hydrogen-bond donors (Lipinski definition) is 3. The van der Waals surface area contributed by atoms with Crippen LogP contribution < -0.4 is 10.6 Å². The molecule has 6 nitrogen and oxygen atoms in total. The molecular weight excluding hydrogens is 471 g/mol. The van der Waals surface area contributed by atoms with Crippen molar-refractivity contribution in [2.75, 3.05) is 13.1 Å². The van der Waals surface area contributed by atoms with E-state index < -0.39 is 18.2 Å². The molecule has 0 bridgehead atoms. The molecule has 0 aliphatic carbocycles. The number of halogens is 4. The molecule has 1 aromatic heterocycles. The van der Waals surface area contributed by atoms with E-state index in [1.54, 1.807) is 30.3 Å². The van der Waals surface area contributed by atoms with Gasteiger partial charge < -0.3 is 20.4 Å². The molecule has 0 spiro atoms. The average molecular weight is 496 g/mol. The molecule has 0 saturated heterocycles. The summed E-state index contributed by atoms with van der Waals surface area (Å²) in [5.41, 5.74) is 2.69. The van der Waals surface area contributed by atoms with Crippen molar-refractivity contribution in [1.82, 2.24) is 15.6 Å². The van der Waals surface area contributed by atoms with E-state index in [1.165, 1.54) is 6.07 Å². The number of nitrogens with one attached hydrogen (secondary N) is 3. The van der Waals surface area contributed by atoms with Crippen LogP contribution in [0.15, 0.2) is 48.7 Å². The van der Waals surface area contributed by atoms with Crippen LogP contribution in [0.1, 0.15) is 41.4 Å². The molecule has 0 fully saturated rings. The van der Waals surface area contributed by atoms with Gasteiger partial charge in [-0.25, -0.2) is 4.79 Å². The maximum Gasteiger partial charge on any atom is 0.490 e. The number of hydrogen-bond acceptors (Lipinski definition) is 4. The average Bonchev–Trinajstić information content (AvgIpc) is 3.17. The van der Waals surface area contributed by atoms with Crippen LogP contribution in [0.5, 0.6) is 0 Å². The predicted octanol–water partition coefficient (Wildman–Crippen LogP) is 4.94. The first-order valence-electron chi connectivity index (χ1n) is 10.7. The first kappa shape index (κ1) is 25.6. The van der Waals surface area contributed by atoms with Crippen molar-refractivity contribution in [3.63, 3.8) is 0 Å². The number of carbonyl (C=O) groups is 2. The largest absolute Gasteiger partial charge is 0.490 e. The third-order valence-electron chi connectivity index (χ3n) is 5.25. The van der Waals surface area contributed by atoms with E-state index in [0.717, 1.165) is 16.5 Å². The lowest BCUT2D eigenvalue weighted by atomic mass is 10.0. The number of rotatable bonds is 9. The van der Waals surface area contributed by atoms with Crippen molar-refractivity contribution >= 4 is 34.4 Å². The predicted molar refractivity (Wildman–Crippen MR) is 124 cm³/mol. The van der Waals surface area contributed by atoms with E-state index in [-0.39, 0.29) is 18.5 Å².